The van der Waals surface area contributed by atoms with Crippen LogP contribution >= 0.6 is 11.8 Å². The largest absolute Gasteiger partial charge is 0.326 e. The molecule has 4 heterocycles. The summed E-state index contributed by atoms with van der Waals surface area (Å²) in [6, 6.07) is 14.8. The van der Waals surface area contributed by atoms with Crippen LogP contribution in [0.1, 0.15) is 23.7 Å². The van der Waals surface area contributed by atoms with E-state index in [0.717, 1.165) is 11.3 Å². The quantitative estimate of drug-likeness (QED) is 0.272. The Morgan fingerprint density at radius 2 is 1.90 bits per heavy atom. The summed E-state index contributed by atoms with van der Waals surface area (Å²) in [4.78, 5) is 39.0. The number of anilines is 2. The third kappa shape index (κ3) is 5.30. The van der Waals surface area contributed by atoms with E-state index in [-0.39, 0.29) is 34.8 Å². The summed E-state index contributed by atoms with van der Waals surface area (Å²) in [5.74, 6) is 0.179. The number of nitrogens with one attached hydrogen (secondary N) is 2. The molecule has 1 aliphatic heterocycles. The Kier molecular flexibility index (Phi) is 6.79. The summed E-state index contributed by atoms with van der Waals surface area (Å²) in [6.07, 6.45) is 3.02. The molecule has 12 nitrogen and oxygen atoms in total. The molecule has 0 bridgehead atoms. The van der Waals surface area contributed by atoms with Crippen LogP contribution in [0.4, 0.5) is 11.6 Å². The van der Waals surface area contributed by atoms with Gasteiger partial charge in [0, 0.05) is 29.8 Å². The topological polar surface area (TPSA) is 154 Å². The SMILES string of the molecule is Cc1cccc(-n2ncc3c(=O)n4c(nc32)SCC4CC(=O)Nc2ccc(S(=O)(=O)Nc3nccc(C)n3)cc2)c1. The lowest BCUT2D eigenvalue weighted by Gasteiger charge is -2.14. The van der Waals surface area contributed by atoms with Crippen LogP contribution in [-0.2, 0) is 14.8 Å². The van der Waals surface area contributed by atoms with Crippen LogP contribution in [0.5, 0.6) is 0 Å². The van der Waals surface area contributed by atoms with Crippen LogP contribution in [0.25, 0.3) is 16.7 Å². The lowest BCUT2D eigenvalue weighted by atomic mass is 10.2. The van der Waals surface area contributed by atoms with Crippen LogP contribution < -0.4 is 15.6 Å². The highest BCUT2D eigenvalue weighted by Crippen LogP contribution is 2.33. The van der Waals surface area contributed by atoms with E-state index in [1.807, 2.05) is 31.2 Å². The molecule has 0 saturated carbocycles. The van der Waals surface area contributed by atoms with Crippen molar-refractivity contribution in [1.29, 1.82) is 0 Å². The smallest absolute Gasteiger partial charge is 0.265 e. The zero-order chi connectivity index (χ0) is 28.7. The minimum atomic E-state index is -3.91. The third-order valence-corrected chi connectivity index (χ3v) is 8.95. The van der Waals surface area contributed by atoms with Crippen LogP contribution in [-0.4, -0.2) is 49.4 Å². The fraction of sp³-hybridized carbons (Fsp3) is 0.185. The molecule has 3 aromatic heterocycles. The zero-order valence-corrected chi connectivity index (χ0v) is 23.6. The standard InChI is InChI=1S/C27H24N8O4S2/c1-16-4-3-5-19(12-16)35-24-22(14-29-35)25(37)34-20(15-40-27(34)32-24)13-23(36)31-18-6-8-21(9-7-18)41(38,39)33-26-28-11-10-17(2)30-26/h3-12,14,20H,13,15H2,1-2H3,(H,31,36)(H,28,30,33). The molecule has 6 rings (SSSR count). The normalized spacial score (nSPS) is 14.6. The van der Waals surface area contributed by atoms with Gasteiger partial charge in [-0.3, -0.25) is 14.2 Å². The highest BCUT2D eigenvalue weighted by atomic mass is 32.2. The first-order valence-electron chi connectivity index (χ1n) is 12.6. The predicted molar refractivity (Wildman–Crippen MR) is 155 cm³/mol. The van der Waals surface area contributed by atoms with E-state index < -0.39 is 10.0 Å². The van der Waals surface area contributed by atoms with Crippen molar-refractivity contribution in [3.8, 4) is 5.69 Å². The number of carbonyl (C=O) groups is 1. The van der Waals surface area contributed by atoms with Crippen LogP contribution in [0.2, 0.25) is 0 Å². The van der Waals surface area contributed by atoms with Gasteiger partial charge in [-0.2, -0.15) is 5.10 Å². The average Bonchev–Trinajstić information content (AvgIpc) is 3.54. The van der Waals surface area contributed by atoms with Gasteiger partial charge in [0.2, 0.25) is 11.9 Å². The summed E-state index contributed by atoms with van der Waals surface area (Å²) in [5.41, 5.74) is 3.16. The van der Waals surface area contributed by atoms with Gasteiger partial charge in [0.15, 0.2) is 10.8 Å². The van der Waals surface area contributed by atoms with Crippen LogP contribution in [0.3, 0.4) is 0 Å². The number of aryl methyl sites for hydroxylation is 2. The minimum Gasteiger partial charge on any atom is -0.326 e. The number of benzene rings is 2. The molecule has 208 valence electrons. The van der Waals surface area contributed by atoms with Crippen molar-refractivity contribution in [3.05, 3.63) is 88.6 Å². The van der Waals surface area contributed by atoms with Gasteiger partial charge in [-0.25, -0.2) is 32.8 Å². The summed E-state index contributed by atoms with van der Waals surface area (Å²) >= 11 is 1.42. The van der Waals surface area contributed by atoms with Gasteiger partial charge in [0.1, 0.15) is 5.39 Å². The lowest BCUT2D eigenvalue weighted by molar-refractivity contribution is -0.116. The van der Waals surface area contributed by atoms with E-state index in [0.29, 0.717) is 33.3 Å². The molecular weight excluding hydrogens is 564 g/mol. The highest BCUT2D eigenvalue weighted by molar-refractivity contribution is 7.99. The molecule has 0 radical (unpaired) electrons. The van der Waals surface area contributed by atoms with E-state index in [9.17, 15) is 18.0 Å². The maximum atomic E-state index is 13.4. The maximum Gasteiger partial charge on any atom is 0.265 e. The number of amides is 1. The molecule has 0 spiro atoms. The minimum absolute atomic E-state index is 0.00502. The number of rotatable bonds is 7. The number of hydrogen-bond donors (Lipinski definition) is 2. The van der Waals surface area contributed by atoms with Gasteiger partial charge in [-0.1, -0.05) is 23.9 Å². The molecule has 1 aliphatic rings. The van der Waals surface area contributed by atoms with Crippen LogP contribution in [0.15, 0.2) is 81.8 Å². The summed E-state index contributed by atoms with van der Waals surface area (Å²) < 4.78 is 30.9. The molecule has 1 unspecified atom stereocenters. The van der Waals surface area contributed by atoms with Crippen molar-refractivity contribution in [2.24, 2.45) is 0 Å². The Morgan fingerprint density at radius 3 is 2.66 bits per heavy atom. The van der Waals surface area contributed by atoms with Crippen molar-refractivity contribution in [2.75, 3.05) is 15.8 Å². The second kappa shape index (κ2) is 10.4. The Balaban J connectivity index is 1.16. The fourth-order valence-electron chi connectivity index (χ4n) is 4.55. The fourth-order valence-corrected chi connectivity index (χ4v) is 6.63. The second-order valence-corrected chi connectivity index (χ2v) is 12.2. The molecule has 2 aromatic carbocycles. The Bertz CT molecular complexity index is 1970. The van der Waals surface area contributed by atoms with Crippen molar-refractivity contribution in [2.45, 2.75) is 36.4 Å². The molecule has 0 fully saturated rings. The number of sulfonamides is 1. The first kappa shape index (κ1) is 26.7. The third-order valence-electron chi connectivity index (χ3n) is 6.51. The summed E-state index contributed by atoms with van der Waals surface area (Å²) in [6.45, 7) is 3.71. The van der Waals surface area contributed by atoms with E-state index in [1.54, 1.807) is 22.2 Å². The molecule has 2 N–H and O–H groups in total. The van der Waals surface area contributed by atoms with E-state index in [4.69, 9.17) is 4.98 Å². The zero-order valence-electron chi connectivity index (χ0n) is 22.0. The van der Waals surface area contributed by atoms with Crippen molar-refractivity contribution >= 4 is 50.4 Å². The van der Waals surface area contributed by atoms with E-state index in [2.05, 4.69) is 25.1 Å². The van der Waals surface area contributed by atoms with Crippen molar-refractivity contribution in [3.63, 3.8) is 0 Å². The number of aromatic nitrogens is 6. The van der Waals surface area contributed by atoms with Crippen molar-refractivity contribution < 1.29 is 13.2 Å². The summed E-state index contributed by atoms with van der Waals surface area (Å²) in [5, 5.41) is 8.10. The molecule has 1 atom stereocenters. The highest BCUT2D eigenvalue weighted by Gasteiger charge is 2.29. The molecule has 41 heavy (non-hydrogen) atoms. The van der Waals surface area contributed by atoms with Gasteiger partial charge in [-0.05, 0) is 61.9 Å². The summed E-state index contributed by atoms with van der Waals surface area (Å²) in [7, 11) is -3.91. The molecule has 0 saturated heterocycles. The number of hydrogen-bond acceptors (Lipinski definition) is 9. The molecule has 5 aromatic rings. The second-order valence-electron chi connectivity index (χ2n) is 9.57. The Morgan fingerprint density at radius 1 is 1.10 bits per heavy atom. The van der Waals surface area contributed by atoms with Gasteiger partial charge < -0.3 is 5.32 Å². The molecular formula is C27H24N8O4S2. The number of nitrogens with zero attached hydrogens (tertiary/aromatic N) is 6. The van der Waals surface area contributed by atoms with Gasteiger partial charge in [0.05, 0.1) is 22.8 Å². The molecule has 14 heteroatoms. The number of thioether (sulfide) groups is 1. The van der Waals surface area contributed by atoms with Gasteiger partial charge >= 0.3 is 0 Å². The number of fused-ring (bicyclic) bond motifs is 2. The maximum absolute atomic E-state index is 13.4. The number of carbonyl (C=O) groups excluding carboxylic acids is 1. The van der Waals surface area contributed by atoms with E-state index >= 15 is 0 Å². The lowest BCUT2D eigenvalue weighted by Crippen LogP contribution is -2.27. The van der Waals surface area contributed by atoms with E-state index in [1.165, 1.54) is 48.4 Å². The first-order valence-corrected chi connectivity index (χ1v) is 15.1. The van der Waals surface area contributed by atoms with Crippen molar-refractivity contribution in [1.82, 2.24) is 29.3 Å². The van der Waals surface area contributed by atoms with Gasteiger partial charge in [-0.15, -0.1) is 0 Å². The predicted octanol–water partition coefficient (Wildman–Crippen LogP) is 3.47. The molecule has 1 amide bonds. The average molecular weight is 589 g/mol. The Labute approximate surface area is 238 Å². The Hall–Kier alpha value is -4.56. The monoisotopic (exact) mass is 588 g/mol. The first-order chi connectivity index (χ1) is 19.7. The van der Waals surface area contributed by atoms with Crippen LogP contribution in [0, 0.1) is 13.8 Å². The molecule has 0 aliphatic carbocycles. The van der Waals surface area contributed by atoms with Gasteiger partial charge in [0.25, 0.3) is 15.6 Å².